The molecule has 1 aromatic rings. The van der Waals surface area contributed by atoms with Gasteiger partial charge in [-0.15, -0.1) is 0 Å². The van der Waals surface area contributed by atoms with Crippen LogP contribution in [0.2, 0.25) is 0 Å². The molecule has 0 saturated carbocycles. The highest BCUT2D eigenvalue weighted by Crippen LogP contribution is 2.33. The van der Waals surface area contributed by atoms with E-state index in [-0.39, 0.29) is 10.6 Å². The fraction of sp³-hybridized carbons (Fsp3) is 0.333. The maximum Gasteiger partial charge on any atom is 0.265 e. The van der Waals surface area contributed by atoms with E-state index in [9.17, 15) is 8.42 Å². The van der Waals surface area contributed by atoms with Crippen LogP contribution in [0.5, 0.6) is 11.5 Å². The highest BCUT2D eigenvalue weighted by molar-refractivity contribution is 8.13. The first-order chi connectivity index (χ1) is 6.90. The lowest BCUT2D eigenvalue weighted by Crippen LogP contribution is -1.98. The van der Waals surface area contributed by atoms with Crippen LogP contribution < -0.4 is 9.47 Å². The van der Waals surface area contributed by atoms with Crippen molar-refractivity contribution in [1.82, 2.24) is 0 Å². The molecule has 0 saturated heterocycles. The lowest BCUT2D eigenvalue weighted by Gasteiger charge is -2.10. The summed E-state index contributed by atoms with van der Waals surface area (Å²) in [4.78, 5) is -0.0888. The first-order valence-corrected chi connectivity index (χ1v) is 6.38. The molecule has 0 heterocycles. The minimum atomic E-state index is -3.83. The number of halogens is 1. The molecular formula is C9H11ClO4S. The van der Waals surface area contributed by atoms with E-state index in [4.69, 9.17) is 20.2 Å². The average molecular weight is 251 g/mol. The quantitative estimate of drug-likeness (QED) is 0.770. The molecule has 0 aliphatic heterocycles. The Morgan fingerprint density at radius 2 is 1.67 bits per heavy atom. The van der Waals surface area contributed by atoms with E-state index in [0.29, 0.717) is 5.75 Å². The normalized spacial score (nSPS) is 11.2. The van der Waals surface area contributed by atoms with E-state index in [0.717, 1.165) is 5.56 Å². The lowest BCUT2D eigenvalue weighted by atomic mass is 10.2. The van der Waals surface area contributed by atoms with Crippen molar-refractivity contribution in [3.63, 3.8) is 0 Å². The molecule has 84 valence electrons. The molecule has 0 unspecified atom stereocenters. The molecule has 15 heavy (non-hydrogen) atoms. The Hall–Kier alpha value is -0.940. The van der Waals surface area contributed by atoms with Crippen LogP contribution in [0.1, 0.15) is 5.56 Å². The topological polar surface area (TPSA) is 52.6 Å². The monoisotopic (exact) mass is 250 g/mol. The van der Waals surface area contributed by atoms with E-state index in [1.807, 2.05) is 0 Å². The van der Waals surface area contributed by atoms with Gasteiger partial charge in [0.15, 0.2) is 0 Å². The van der Waals surface area contributed by atoms with Crippen molar-refractivity contribution in [1.29, 1.82) is 0 Å². The first-order valence-electron chi connectivity index (χ1n) is 4.07. The van der Waals surface area contributed by atoms with Crippen LogP contribution in [0.25, 0.3) is 0 Å². The average Bonchev–Trinajstić information content (AvgIpc) is 2.15. The SMILES string of the molecule is COc1cc(S(=O)(=O)Cl)c(OC)cc1C. The zero-order valence-corrected chi connectivity index (χ0v) is 10.1. The molecule has 0 aliphatic carbocycles. The summed E-state index contributed by atoms with van der Waals surface area (Å²) in [5.41, 5.74) is 0.776. The molecule has 0 aromatic heterocycles. The molecule has 0 radical (unpaired) electrons. The fourth-order valence-corrected chi connectivity index (χ4v) is 2.21. The van der Waals surface area contributed by atoms with Gasteiger partial charge in [0.05, 0.1) is 14.2 Å². The number of benzene rings is 1. The molecule has 6 heteroatoms. The Bertz CT molecular complexity index is 467. The van der Waals surface area contributed by atoms with Crippen molar-refractivity contribution in [2.45, 2.75) is 11.8 Å². The Labute approximate surface area is 93.2 Å². The molecule has 0 fully saturated rings. The van der Waals surface area contributed by atoms with Gasteiger partial charge in [0.25, 0.3) is 9.05 Å². The Kier molecular flexibility index (Phi) is 3.46. The van der Waals surface area contributed by atoms with Crippen LogP contribution >= 0.6 is 10.7 Å². The maximum atomic E-state index is 11.2. The second kappa shape index (κ2) is 4.28. The second-order valence-electron chi connectivity index (χ2n) is 2.91. The van der Waals surface area contributed by atoms with Crippen LogP contribution in [0.15, 0.2) is 17.0 Å². The van der Waals surface area contributed by atoms with Gasteiger partial charge in [-0.3, -0.25) is 0 Å². The van der Waals surface area contributed by atoms with Crippen molar-refractivity contribution >= 4 is 19.7 Å². The molecule has 0 aliphatic rings. The summed E-state index contributed by atoms with van der Waals surface area (Å²) in [6.07, 6.45) is 0. The zero-order chi connectivity index (χ0) is 11.6. The highest BCUT2D eigenvalue weighted by atomic mass is 35.7. The summed E-state index contributed by atoms with van der Waals surface area (Å²) in [6.45, 7) is 1.78. The smallest absolute Gasteiger partial charge is 0.265 e. The molecule has 0 amide bonds. The summed E-state index contributed by atoms with van der Waals surface area (Å²) in [6, 6.07) is 2.91. The van der Waals surface area contributed by atoms with Crippen molar-refractivity contribution < 1.29 is 17.9 Å². The molecular weight excluding hydrogens is 240 g/mol. The number of methoxy groups -OCH3 is 2. The minimum Gasteiger partial charge on any atom is -0.496 e. The maximum absolute atomic E-state index is 11.2. The van der Waals surface area contributed by atoms with Gasteiger partial charge in [-0.2, -0.15) is 0 Å². The van der Waals surface area contributed by atoms with Crippen LogP contribution in [0.4, 0.5) is 0 Å². The molecule has 4 nitrogen and oxygen atoms in total. The predicted molar refractivity (Wildman–Crippen MR) is 57.3 cm³/mol. The van der Waals surface area contributed by atoms with Crippen LogP contribution in [0.3, 0.4) is 0 Å². The standard InChI is InChI=1S/C9H11ClO4S/c1-6-4-8(14-3)9(15(10,11)12)5-7(6)13-2/h4-5H,1-3H3. The van der Waals surface area contributed by atoms with Gasteiger partial charge in [-0.05, 0) is 18.6 Å². The van der Waals surface area contributed by atoms with Crippen molar-refractivity contribution in [2.24, 2.45) is 0 Å². The van der Waals surface area contributed by atoms with E-state index in [1.165, 1.54) is 20.3 Å². The van der Waals surface area contributed by atoms with Gasteiger partial charge in [0.1, 0.15) is 16.4 Å². The van der Waals surface area contributed by atoms with Crippen molar-refractivity contribution in [3.8, 4) is 11.5 Å². The molecule has 0 bridgehead atoms. The highest BCUT2D eigenvalue weighted by Gasteiger charge is 2.19. The Morgan fingerprint density at radius 1 is 1.13 bits per heavy atom. The fourth-order valence-electron chi connectivity index (χ4n) is 1.21. The molecule has 0 N–H and O–H groups in total. The Balaban J connectivity index is 3.49. The van der Waals surface area contributed by atoms with E-state index < -0.39 is 9.05 Å². The molecule has 0 spiro atoms. The van der Waals surface area contributed by atoms with Gasteiger partial charge >= 0.3 is 0 Å². The number of hydrogen-bond donors (Lipinski definition) is 0. The third kappa shape index (κ3) is 2.54. The third-order valence-corrected chi connectivity index (χ3v) is 3.29. The van der Waals surface area contributed by atoms with Gasteiger partial charge in [-0.25, -0.2) is 8.42 Å². The zero-order valence-electron chi connectivity index (χ0n) is 8.57. The minimum absolute atomic E-state index is 0.0888. The summed E-state index contributed by atoms with van der Waals surface area (Å²) < 4.78 is 32.4. The molecule has 1 rings (SSSR count). The number of rotatable bonds is 3. The van der Waals surface area contributed by atoms with E-state index in [1.54, 1.807) is 13.0 Å². The van der Waals surface area contributed by atoms with Crippen LogP contribution in [-0.4, -0.2) is 22.6 Å². The van der Waals surface area contributed by atoms with E-state index in [2.05, 4.69) is 0 Å². The summed E-state index contributed by atoms with van der Waals surface area (Å²) >= 11 is 0. The summed E-state index contributed by atoms with van der Waals surface area (Å²) in [5.74, 6) is 0.665. The summed E-state index contributed by atoms with van der Waals surface area (Å²) in [5, 5.41) is 0. The largest absolute Gasteiger partial charge is 0.496 e. The molecule has 0 atom stereocenters. The number of aryl methyl sites for hydroxylation is 1. The summed E-state index contributed by atoms with van der Waals surface area (Å²) in [7, 11) is 4.27. The van der Waals surface area contributed by atoms with Gasteiger partial charge in [0, 0.05) is 16.7 Å². The van der Waals surface area contributed by atoms with E-state index >= 15 is 0 Å². The molecule has 1 aromatic carbocycles. The lowest BCUT2D eigenvalue weighted by molar-refractivity contribution is 0.390. The van der Waals surface area contributed by atoms with Crippen molar-refractivity contribution in [3.05, 3.63) is 17.7 Å². The van der Waals surface area contributed by atoms with Crippen LogP contribution in [0, 0.1) is 6.92 Å². The predicted octanol–water partition coefficient (Wildman–Crippen LogP) is 1.94. The van der Waals surface area contributed by atoms with Gasteiger partial charge in [0.2, 0.25) is 0 Å². The Morgan fingerprint density at radius 3 is 2.07 bits per heavy atom. The van der Waals surface area contributed by atoms with Gasteiger partial charge < -0.3 is 9.47 Å². The third-order valence-electron chi connectivity index (χ3n) is 1.94. The number of ether oxygens (including phenoxy) is 2. The van der Waals surface area contributed by atoms with Crippen molar-refractivity contribution in [2.75, 3.05) is 14.2 Å². The van der Waals surface area contributed by atoms with Crippen LogP contribution in [-0.2, 0) is 9.05 Å². The first kappa shape index (κ1) is 12.1. The second-order valence-corrected chi connectivity index (χ2v) is 5.44. The number of hydrogen-bond acceptors (Lipinski definition) is 4. The van der Waals surface area contributed by atoms with Gasteiger partial charge in [-0.1, -0.05) is 0 Å².